The van der Waals surface area contributed by atoms with Crippen LogP contribution in [0, 0.1) is 12.7 Å². The van der Waals surface area contributed by atoms with Crippen molar-refractivity contribution in [2.45, 2.75) is 25.8 Å². The first-order valence-corrected chi connectivity index (χ1v) is 7.65. The Labute approximate surface area is 140 Å². The van der Waals surface area contributed by atoms with Crippen molar-refractivity contribution in [2.75, 3.05) is 7.11 Å². The molecule has 0 aromatic heterocycles. The van der Waals surface area contributed by atoms with Crippen molar-refractivity contribution in [2.24, 2.45) is 0 Å². The van der Waals surface area contributed by atoms with Crippen molar-refractivity contribution < 1.29 is 18.7 Å². The van der Waals surface area contributed by atoms with Gasteiger partial charge in [-0.2, -0.15) is 0 Å². The van der Waals surface area contributed by atoms with Crippen molar-refractivity contribution in [3.63, 3.8) is 0 Å². The van der Waals surface area contributed by atoms with Crippen LogP contribution in [-0.4, -0.2) is 25.0 Å². The number of nitrogens with one attached hydrogen (secondary N) is 1. The third-order valence-electron chi connectivity index (χ3n) is 3.62. The minimum atomic E-state index is -0.759. The van der Waals surface area contributed by atoms with Gasteiger partial charge in [0.25, 0.3) is 0 Å². The first-order valence-electron chi connectivity index (χ1n) is 7.65. The molecule has 2 rings (SSSR count). The first kappa shape index (κ1) is 17.7. The lowest BCUT2D eigenvalue weighted by molar-refractivity contribution is -0.145. The summed E-state index contributed by atoms with van der Waals surface area (Å²) in [6.45, 7) is 1.96. The molecule has 1 N–H and O–H groups in total. The van der Waals surface area contributed by atoms with Gasteiger partial charge in [0.15, 0.2) is 0 Å². The number of carbonyl (C=O) groups is 2. The fourth-order valence-electron chi connectivity index (χ4n) is 2.44. The molecule has 0 saturated heterocycles. The van der Waals surface area contributed by atoms with E-state index in [1.165, 1.54) is 19.2 Å². The van der Waals surface area contributed by atoms with E-state index in [2.05, 4.69) is 5.32 Å². The number of benzene rings is 2. The summed E-state index contributed by atoms with van der Waals surface area (Å²) in [5, 5.41) is 2.69. The maximum Gasteiger partial charge on any atom is 0.328 e. The van der Waals surface area contributed by atoms with Crippen LogP contribution in [0.15, 0.2) is 48.5 Å². The summed E-state index contributed by atoms with van der Waals surface area (Å²) >= 11 is 0. The molecule has 4 nitrogen and oxygen atoms in total. The number of hydrogen-bond donors (Lipinski definition) is 1. The van der Waals surface area contributed by atoms with E-state index in [4.69, 9.17) is 4.74 Å². The second kappa shape index (κ2) is 8.24. The van der Waals surface area contributed by atoms with E-state index in [9.17, 15) is 14.0 Å². The predicted octanol–water partition coefficient (Wildman–Crippen LogP) is 2.58. The fraction of sp³-hybridized carbons (Fsp3) is 0.263. The van der Waals surface area contributed by atoms with Gasteiger partial charge in [-0.25, -0.2) is 9.18 Å². The molecular weight excluding hydrogens is 309 g/mol. The lowest BCUT2D eigenvalue weighted by Gasteiger charge is -2.17. The summed E-state index contributed by atoms with van der Waals surface area (Å²) in [4.78, 5) is 24.1. The van der Waals surface area contributed by atoms with Crippen LogP contribution in [0.4, 0.5) is 4.39 Å². The Morgan fingerprint density at radius 3 is 2.46 bits per heavy atom. The molecule has 0 spiro atoms. The summed E-state index contributed by atoms with van der Waals surface area (Å²) in [5.74, 6) is -1.17. The van der Waals surface area contributed by atoms with E-state index in [-0.39, 0.29) is 18.1 Å². The number of methoxy groups -OCH3 is 1. The third kappa shape index (κ3) is 5.19. The molecule has 2 aromatic carbocycles. The molecule has 0 aliphatic heterocycles. The zero-order chi connectivity index (χ0) is 17.5. The van der Waals surface area contributed by atoms with Crippen molar-refractivity contribution in [3.8, 4) is 0 Å². The van der Waals surface area contributed by atoms with Crippen LogP contribution in [0.1, 0.15) is 16.7 Å². The van der Waals surface area contributed by atoms with Crippen LogP contribution in [0.2, 0.25) is 0 Å². The monoisotopic (exact) mass is 329 g/mol. The fourth-order valence-corrected chi connectivity index (χ4v) is 2.44. The molecule has 2 aromatic rings. The van der Waals surface area contributed by atoms with Crippen LogP contribution < -0.4 is 5.32 Å². The van der Waals surface area contributed by atoms with Gasteiger partial charge in [0, 0.05) is 6.42 Å². The second-order valence-electron chi connectivity index (χ2n) is 5.64. The van der Waals surface area contributed by atoms with Crippen molar-refractivity contribution in [1.82, 2.24) is 5.32 Å². The number of aryl methyl sites for hydroxylation is 1. The largest absolute Gasteiger partial charge is 0.467 e. The maximum atomic E-state index is 12.9. The number of hydrogen-bond acceptors (Lipinski definition) is 3. The van der Waals surface area contributed by atoms with E-state index < -0.39 is 12.0 Å². The zero-order valence-electron chi connectivity index (χ0n) is 13.7. The van der Waals surface area contributed by atoms with Gasteiger partial charge >= 0.3 is 5.97 Å². The lowest BCUT2D eigenvalue weighted by Crippen LogP contribution is -2.43. The normalized spacial score (nSPS) is 11.6. The quantitative estimate of drug-likeness (QED) is 0.829. The lowest BCUT2D eigenvalue weighted by atomic mass is 10.0. The number of rotatable bonds is 6. The second-order valence-corrected chi connectivity index (χ2v) is 5.64. The van der Waals surface area contributed by atoms with E-state index in [1.54, 1.807) is 12.1 Å². The van der Waals surface area contributed by atoms with Gasteiger partial charge in [0.1, 0.15) is 11.9 Å². The molecule has 0 aliphatic rings. The number of esters is 1. The highest BCUT2D eigenvalue weighted by Crippen LogP contribution is 2.09. The molecule has 0 radical (unpaired) electrons. The first-order chi connectivity index (χ1) is 11.5. The molecule has 126 valence electrons. The molecule has 5 heteroatoms. The molecule has 0 unspecified atom stereocenters. The molecule has 1 amide bonds. The Kier molecular flexibility index (Phi) is 6.07. The summed E-state index contributed by atoms with van der Waals surface area (Å²) in [7, 11) is 1.29. The molecular formula is C19H20FNO3. The average Bonchev–Trinajstić information content (AvgIpc) is 2.55. The van der Waals surface area contributed by atoms with Crippen molar-refractivity contribution in [3.05, 3.63) is 71.0 Å². The summed E-state index contributed by atoms with van der Waals surface area (Å²) < 4.78 is 17.7. The Balaban J connectivity index is 2.03. The van der Waals surface area contributed by atoms with E-state index in [0.717, 1.165) is 11.1 Å². The molecule has 0 heterocycles. The van der Waals surface area contributed by atoms with Crippen LogP contribution >= 0.6 is 0 Å². The van der Waals surface area contributed by atoms with Crippen LogP contribution in [-0.2, 0) is 27.2 Å². The third-order valence-corrected chi connectivity index (χ3v) is 3.62. The van der Waals surface area contributed by atoms with E-state index in [0.29, 0.717) is 12.0 Å². The van der Waals surface area contributed by atoms with Crippen LogP contribution in [0.3, 0.4) is 0 Å². The van der Waals surface area contributed by atoms with Gasteiger partial charge in [0.2, 0.25) is 5.91 Å². The molecule has 0 fully saturated rings. The van der Waals surface area contributed by atoms with Crippen LogP contribution in [0.5, 0.6) is 0 Å². The van der Waals surface area contributed by atoms with Gasteiger partial charge in [-0.1, -0.05) is 42.0 Å². The van der Waals surface area contributed by atoms with Crippen LogP contribution in [0.25, 0.3) is 0 Å². The molecule has 1 atom stereocenters. The number of amides is 1. The number of carbonyl (C=O) groups excluding carboxylic acids is 2. The minimum absolute atomic E-state index is 0.0710. The van der Waals surface area contributed by atoms with E-state index >= 15 is 0 Å². The zero-order valence-corrected chi connectivity index (χ0v) is 13.7. The van der Waals surface area contributed by atoms with Crippen molar-refractivity contribution >= 4 is 11.9 Å². The Bertz CT molecular complexity index is 713. The van der Waals surface area contributed by atoms with Gasteiger partial charge in [-0.15, -0.1) is 0 Å². The maximum absolute atomic E-state index is 12.9. The highest BCUT2D eigenvalue weighted by atomic mass is 19.1. The summed E-state index contributed by atoms with van der Waals surface area (Å²) in [5.41, 5.74) is 2.69. The topological polar surface area (TPSA) is 55.4 Å². The Morgan fingerprint density at radius 2 is 1.83 bits per heavy atom. The van der Waals surface area contributed by atoms with Crippen molar-refractivity contribution in [1.29, 1.82) is 0 Å². The van der Waals surface area contributed by atoms with Gasteiger partial charge in [0.05, 0.1) is 13.5 Å². The highest BCUT2D eigenvalue weighted by molar-refractivity contribution is 5.85. The Morgan fingerprint density at radius 1 is 1.12 bits per heavy atom. The molecule has 0 bridgehead atoms. The van der Waals surface area contributed by atoms with E-state index in [1.807, 2.05) is 31.2 Å². The Hall–Kier alpha value is -2.69. The molecule has 0 aliphatic carbocycles. The van der Waals surface area contributed by atoms with Gasteiger partial charge < -0.3 is 10.1 Å². The standard InChI is InChI=1S/C19H20FNO3/c1-13-4-3-5-15(10-13)11-17(19(23)24-2)21-18(22)12-14-6-8-16(20)9-7-14/h3-10,17H,11-12H2,1-2H3,(H,21,22)/t17-/m0/s1. The highest BCUT2D eigenvalue weighted by Gasteiger charge is 2.22. The minimum Gasteiger partial charge on any atom is -0.467 e. The predicted molar refractivity (Wildman–Crippen MR) is 88.9 cm³/mol. The molecule has 24 heavy (non-hydrogen) atoms. The molecule has 0 saturated carbocycles. The number of halogens is 1. The average molecular weight is 329 g/mol. The number of ether oxygens (including phenoxy) is 1. The summed E-state index contributed by atoms with van der Waals surface area (Å²) in [6.07, 6.45) is 0.422. The SMILES string of the molecule is COC(=O)[C@H](Cc1cccc(C)c1)NC(=O)Cc1ccc(F)cc1. The van der Waals surface area contributed by atoms with Gasteiger partial charge in [-0.05, 0) is 30.2 Å². The summed E-state index contributed by atoms with van der Waals surface area (Å²) in [6, 6.07) is 12.6. The van der Waals surface area contributed by atoms with Gasteiger partial charge in [-0.3, -0.25) is 4.79 Å². The smallest absolute Gasteiger partial charge is 0.328 e.